The van der Waals surface area contributed by atoms with Crippen LogP contribution in [-0.2, 0) is 4.74 Å². The van der Waals surface area contributed by atoms with E-state index in [1.54, 1.807) is 24.6 Å². The van der Waals surface area contributed by atoms with Crippen LogP contribution in [0.15, 0.2) is 42.7 Å². The number of pyridine rings is 2. The van der Waals surface area contributed by atoms with Crippen LogP contribution in [-0.4, -0.2) is 53.3 Å². The summed E-state index contributed by atoms with van der Waals surface area (Å²) < 4.78 is 10.6. The average Bonchev–Trinajstić information content (AvgIpc) is 3.18. The van der Waals surface area contributed by atoms with E-state index >= 15 is 0 Å². The number of nitrogens with zero attached hydrogens (tertiary/aromatic N) is 4. The number of rotatable bonds is 4. The molecule has 30 heavy (non-hydrogen) atoms. The molecule has 3 aromatic rings. The van der Waals surface area contributed by atoms with Gasteiger partial charge in [-0.2, -0.15) is 0 Å². The molecule has 0 aliphatic carbocycles. The van der Waals surface area contributed by atoms with E-state index in [2.05, 4.69) is 4.98 Å². The zero-order valence-electron chi connectivity index (χ0n) is 17.1. The van der Waals surface area contributed by atoms with Crippen LogP contribution < -0.4 is 4.74 Å². The molecule has 7 nitrogen and oxygen atoms in total. The van der Waals surface area contributed by atoms with Gasteiger partial charge in [0.2, 0.25) is 0 Å². The fraction of sp³-hybridized carbons (Fsp3) is 0.273. The van der Waals surface area contributed by atoms with Crippen LogP contribution in [0, 0.1) is 6.92 Å². The number of fused-ring (bicyclic) bond motifs is 1. The molecule has 0 aromatic carbocycles. The molecule has 8 heteroatoms. The van der Waals surface area contributed by atoms with E-state index < -0.39 is 0 Å². The van der Waals surface area contributed by atoms with Gasteiger partial charge in [-0.15, -0.1) is 11.3 Å². The molecule has 1 aliphatic rings. The van der Waals surface area contributed by atoms with Gasteiger partial charge in [0.25, 0.3) is 0 Å². The summed E-state index contributed by atoms with van der Waals surface area (Å²) in [6.45, 7) is 3.02. The van der Waals surface area contributed by atoms with Crippen molar-refractivity contribution in [3.05, 3.63) is 54.1 Å². The van der Waals surface area contributed by atoms with Gasteiger partial charge in [0.1, 0.15) is 16.5 Å². The molecule has 154 valence electrons. The van der Waals surface area contributed by atoms with E-state index in [1.165, 1.54) is 12.0 Å². The molecule has 0 spiro atoms. The third kappa shape index (κ3) is 4.04. The van der Waals surface area contributed by atoms with Crippen molar-refractivity contribution in [2.24, 2.45) is 0 Å². The number of amides is 1. The number of aryl methyl sites for hydroxylation is 1. The lowest BCUT2D eigenvalue weighted by Gasteiger charge is -2.21. The Morgan fingerprint density at radius 1 is 1.33 bits per heavy atom. The van der Waals surface area contributed by atoms with Crippen molar-refractivity contribution in [3.8, 4) is 26.9 Å². The van der Waals surface area contributed by atoms with Crippen molar-refractivity contribution in [1.82, 2.24) is 19.9 Å². The maximum atomic E-state index is 11.7. The largest absolute Gasteiger partial charge is 0.491 e. The summed E-state index contributed by atoms with van der Waals surface area (Å²) in [6.07, 6.45) is 5.94. The van der Waals surface area contributed by atoms with Crippen LogP contribution in [0.25, 0.3) is 26.7 Å². The molecule has 1 amide bonds. The van der Waals surface area contributed by atoms with Gasteiger partial charge in [0, 0.05) is 38.0 Å². The van der Waals surface area contributed by atoms with Gasteiger partial charge in [0.15, 0.2) is 0 Å². The molecule has 4 rings (SSSR count). The van der Waals surface area contributed by atoms with Crippen LogP contribution in [0.2, 0.25) is 0 Å². The summed E-state index contributed by atoms with van der Waals surface area (Å²) in [5.41, 5.74) is 4.65. The van der Waals surface area contributed by atoms with Crippen LogP contribution in [0.5, 0.6) is 5.75 Å². The number of likely N-dealkylation sites (N-methyl/N-ethyl adjacent to an activating group) is 1. The summed E-state index contributed by atoms with van der Waals surface area (Å²) in [4.78, 5) is 28.0. The Balaban J connectivity index is 1.67. The second-order valence-corrected chi connectivity index (χ2v) is 7.90. The van der Waals surface area contributed by atoms with Crippen LogP contribution in [0.4, 0.5) is 4.79 Å². The zero-order valence-corrected chi connectivity index (χ0v) is 17.9. The molecule has 1 aliphatic heterocycles. The number of methoxy groups -OCH3 is 1. The minimum atomic E-state index is -0.371. The Kier molecular flexibility index (Phi) is 5.76. The molecular weight excluding hydrogens is 400 g/mol. The third-order valence-corrected chi connectivity index (χ3v) is 6.06. The number of ether oxygens (including phenoxy) is 2. The van der Waals surface area contributed by atoms with Gasteiger partial charge in [-0.05, 0) is 36.8 Å². The van der Waals surface area contributed by atoms with Crippen molar-refractivity contribution in [3.63, 3.8) is 0 Å². The lowest BCUT2D eigenvalue weighted by atomic mass is 10.0. The predicted octanol–water partition coefficient (Wildman–Crippen LogP) is 4.44. The van der Waals surface area contributed by atoms with E-state index in [4.69, 9.17) is 19.4 Å². The quantitative estimate of drug-likeness (QED) is 0.619. The summed E-state index contributed by atoms with van der Waals surface area (Å²) in [6, 6.07) is 7.83. The fourth-order valence-electron chi connectivity index (χ4n) is 3.23. The summed E-state index contributed by atoms with van der Waals surface area (Å²) >= 11 is 1.60. The molecule has 3 aromatic heterocycles. The molecule has 0 atom stereocenters. The van der Waals surface area contributed by atoms with Gasteiger partial charge < -0.3 is 14.4 Å². The van der Waals surface area contributed by atoms with Crippen molar-refractivity contribution in [2.45, 2.75) is 13.3 Å². The van der Waals surface area contributed by atoms with Crippen LogP contribution in [0.3, 0.4) is 0 Å². The lowest BCUT2D eigenvalue weighted by Crippen LogP contribution is -2.26. The molecule has 4 heterocycles. The molecule has 0 saturated carbocycles. The van der Waals surface area contributed by atoms with E-state index in [-0.39, 0.29) is 6.09 Å². The minimum absolute atomic E-state index is 0.371. The van der Waals surface area contributed by atoms with E-state index in [9.17, 15) is 4.79 Å². The standard InChI is InChI=1S/C22H22N4O3S/c1-14-20(30-21(24-14)16-5-4-10-23-13-16)17-6-7-18-19(25-17)15(9-12-29-18)8-11-26(2)22(27)28-3/h4-8,10,13H,9,11-12H2,1-3H3/b15-8-. The second-order valence-electron chi connectivity index (χ2n) is 6.90. The Morgan fingerprint density at radius 2 is 2.20 bits per heavy atom. The van der Waals surface area contributed by atoms with E-state index in [0.29, 0.717) is 13.2 Å². The first-order valence-electron chi connectivity index (χ1n) is 9.57. The van der Waals surface area contributed by atoms with Crippen molar-refractivity contribution in [2.75, 3.05) is 27.3 Å². The van der Waals surface area contributed by atoms with Gasteiger partial charge in [-0.3, -0.25) is 4.98 Å². The monoisotopic (exact) mass is 422 g/mol. The Morgan fingerprint density at radius 3 is 2.97 bits per heavy atom. The highest BCUT2D eigenvalue weighted by Crippen LogP contribution is 2.38. The molecule has 0 saturated heterocycles. The average molecular weight is 423 g/mol. The normalized spacial score (nSPS) is 14.2. The number of thiazole rings is 1. The predicted molar refractivity (Wildman–Crippen MR) is 116 cm³/mol. The molecule has 0 N–H and O–H groups in total. The maximum Gasteiger partial charge on any atom is 0.409 e. The smallest absolute Gasteiger partial charge is 0.409 e. The molecule has 0 bridgehead atoms. The highest BCUT2D eigenvalue weighted by molar-refractivity contribution is 7.18. The first-order valence-corrected chi connectivity index (χ1v) is 10.4. The van der Waals surface area contributed by atoms with Crippen molar-refractivity contribution in [1.29, 1.82) is 0 Å². The SMILES string of the molecule is COC(=O)N(C)C/C=C1/CCOc2ccc(-c3sc(-c4cccnc4)nc3C)nc21. The number of carbonyl (C=O) groups excluding carboxylic acids is 1. The highest BCUT2D eigenvalue weighted by atomic mass is 32.1. The van der Waals surface area contributed by atoms with Crippen LogP contribution in [0.1, 0.15) is 17.8 Å². The number of aromatic nitrogens is 3. The number of hydrogen-bond donors (Lipinski definition) is 0. The van der Waals surface area contributed by atoms with Crippen molar-refractivity contribution < 1.29 is 14.3 Å². The van der Waals surface area contributed by atoms with E-state index in [1.807, 2.05) is 43.5 Å². The summed E-state index contributed by atoms with van der Waals surface area (Å²) in [5, 5.41) is 0.918. The molecule has 0 radical (unpaired) electrons. The number of hydrogen-bond acceptors (Lipinski definition) is 7. The minimum Gasteiger partial charge on any atom is -0.491 e. The van der Waals surface area contributed by atoms with Crippen LogP contribution >= 0.6 is 11.3 Å². The highest BCUT2D eigenvalue weighted by Gasteiger charge is 2.20. The molecule has 0 unspecified atom stereocenters. The topological polar surface area (TPSA) is 77.4 Å². The lowest BCUT2D eigenvalue weighted by molar-refractivity contribution is 0.137. The van der Waals surface area contributed by atoms with Crippen molar-refractivity contribution >= 4 is 23.0 Å². The molecular formula is C22H22N4O3S. The summed E-state index contributed by atoms with van der Waals surface area (Å²) in [5.74, 6) is 0.756. The first-order chi connectivity index (χ1) is 14.6. The third-order valence-electron chi connectivity index (χ3n) is 4.83. The zero-order chi connectivity index (χ0) is 21.1. The summed E-state index contributed by atoms with van der Waals surface area (Å²) in [7, 11) is 3.08. The first kappa shape index (κ1) is 20.0. The maximum absolute atomic E-state index is 11.7. The van der Waals surface area contributed by atoms with Gasteiger partial charge >= 0.3 is 6.09 Å². The Bertz CT molecular complexity index is 1100. The second kappa shape index (κ2) is 8.62. The molecule has 0 fully saturated rings. The fourth-order valence-corrected chi connectivity index (χ4v) is 4.26. The number of carbonyl (C=O) groups is 1. The van der Waals surface area contributed by atoms with Gasteiger partial charge in [-0.25, -0.2) is 14.8 Å². The Labute approximate surface area is 179 Å². The van der Waals surface area contributed by atoms with E-state index in [0.717, 1.165) is 50.3 Å². The Hall–Kier alpha value is -3.26. The van der Waals surface area contributed by atoms with Gasteiger partial charge in [-0.1, -0.05) is 6.08 Å². The van der Waals surface area contributed by atoms with Gasteiger partial charge in [0.05, 0.1) is 30.0 Å².